The van der Waals surface area contributed by atoms with Gasteiger partial charge in [0.1, 0.15) is 5.75 Å². The molecule has 0 radical (unpaired) electrons. The van der Waals surface area contributed by atoms with Gasteiger partial charge in [-0.15, -0.1) is 0 Å². The van der Waals surface area contributed by atoms with Crippen molar-refractivity contribution in [3.8, 4) is 28.3 Å². The van der Waals surface area contributed by atoms with Crippen molar-refractivity contribution in [1.82, 2.24) is 9.97 Å². The van der Waals surface area contributed by atoms with E-state index in [0.29, 0.717) is 11.4 Å². The monoisotopic (exact) mass is 592 g/mol. The fourth-order valence-electron chi connectivity index (χ4n) is 5.17. The van der Waals surface area contributed by atoms with Gasteiger partial charge in [-0.2, -0.15) is 0 Å². The number of aliphatic carboxylic acids is 1. The molecule has 0 fully saturated rings. The molecule has 0 aliphatic carbocycles. The first-order valence-corrected chi connectivity index (χ1v) is 16.0. The van der Waals surface area contributed by atoms with Crippen molar-refractivity contribution in [3.05, 3.63) is 102 Å². The van der Waals surface area contributed by atoms with Crippen molar-refractivity contribution in [2.75, 3.05) is 6.61 Å². The van der Waals surface area contributed by atoms with Crippen LogP contribution in [0.25, 0.3) is 22.5 Å². The number of carboxylic acids is 1. The Hall–Kier alpha value is -4.32. The van der Waals surface area contributed by atoms with Gasteiger partial charge in [0.2, 0.25) is 0 Å². The summed E-state index contributed by atoms with van der Waals surface area (Å²) in [5.74, 6) is -0.456. The van der Waals surface area contributed by atoms with Crippen molar-refractivity contribution in [3.63, 3.8) is 0 Å². The molecule has 4 rings (SSSR count). The van der Waals surface area contributed by atoms with E-state index in [0.717, 1.165) is 60.3 Å². The lowest BCUT2D eigenvalue weighted by molar-refractivity contribution is -0.141. The van der Waals surface area contributed by atoms with E-state index in [1.807, 2.05) is 85.2 Å². The Bertz CT molecular complexity index is 1450. The van der Waals surface area contributed by atoms with Crippen LogP contribution in [0.5, 0.6) is 5.75 Å². The SMILES string of the molecule is CCCCCCCOc1ccc(-c2cnc(-c3ccc(C[C@H](CC(=O)c4ccc(CCCC)cc4)C(=O)O)cc3)nc2)cc1. The number of aryl methyl sites for hydroxylation is 1. The second-order valence-corrected chi connectivity index (χ2v) is 11.4. The van der Waals surface area contributed by atoms with Crippen LogP contribution in [0.2, 0.25) is 0 Å². The molecule has 230 valence electrons. The topological polar surface area (TPSA) is 89.4 Å². The standard InChI is InChI=1S/C38H44N2O4/c1-3-5-7-8-9-23-44-35-21-19-30(20-22-35)34-26-39-37(40-27-34)32-17-13-29(14-18-32)24-33(38(42)43)25-36(41)31-15-11-28(12-16-31)10-6-4-2/h11-22,26-27,33H,3-10,23-25H2,1-2H3,(H,42,43)/t33-/m1/s1. The molecule has 1 heterocycles. The van der Waals surface area contributed by atoms with Crippen LogP contribution in [0.1, 0.15) is 86.7 Å². The fraction of sp³-hybridized carbons (Fsp3) is 0.368. The summed E-state index contributed by atoms with van der Waals surface area (Å²) < 4.78 is 5.87. The molecule has 0 saturated heterocycles. The largest absolute Gasteiger partial charge is 0.494 e. The lowest BCUT2D eigenvalue weighted by Gasteiger charge is -2.13. The number of ether oxygens (including phenoxy) is 1. The number of rotatable bonds is 18. The average molecular weight is 593 g/mol. The molecule has 0 aliphatic rings. The summed E-state index contributed by atoms with van der Waals surface area (Å²) >= 11 is 0. The molecule has 1 aromatic heterocycles. The highest BCUT2D eigenvalue weighted by Gasteiger charge is 2.22. The number of hydrogen-bond acceptors (Lipinski definition) is 5. The Kier molecular flexibility index (Phi) is 12.7. The number of benzene rings is 3. The minimum atomic E-state index is -0.970. The summed E-state index contributed by atoms with van der Waals surface area (Å²) in [6.07, 6.45) is 13.1. The van der Waals surface area contributed by atoms with Crippen molar-refractivity contribution < 1.29 is 19.4 Å². The third-order valence-electron chi connectivity index (χ3n) is 7.93. The predicted octanol–water partition coefficient (Wildman–Crippen LogP) is 9.02. The number of carbonyl (C=O) groups excluding carboxylic acids is 1. The van der Waals surface area contributed by atoms with Crippen molar-refractivity contribution >= 4 is 11.8 Å². The van der Waals surface area contributed by atoms with Gasteiger partial charge in [0.25, 0.3) is 0 Å². The molecule has 6 nitrogen and oxygen atoms in total. The van der Waals surface area contributed by atoms with Gasteiger partial charge < -0.3 is 9.84 Å². The quantitative estimate of drug-likeness (QED) is 0.0916. The average Bonchev–Trinajstić information content (AvgIpc) is 3.06. The normalized spacial score (nSPS) is 11.7. The minimum Gasteiger partial charge on any atom is -0.494 e. The predicted molar refractivity (Wildman–Crippen MR) is 176 cm³/mol. The van der Waals surface area contributed by atoms with E-state index in [1.54, 1.807) is 0 Å². The fourth-order valence-corrected chi connectivity index (χ4v) is 5.17. The van der Waals surface area contributed by atoms with Gasteiger partial charge in [0, 0.05) is 35.5 Å². The maximum absolute atomic E-state index is 12.9. The van der Waals surface area contributed by atoms with E-state index >= 15 is 0 Å². The van der Waals surface area contributed by atoms with Gasteiger partial charge in [-0.1, -0.05) is 107 Å². The van der Waals surface area contributed by atoms with Gasteiger partial charge in [-0.05, 0) is 54.5 Å². The molecule has 0 bridgehead atoms. The van der Waals surface area contributed by atoms with Crippen LogP contribution < -0.4 is 4.74 Å². The van der Waals surface area contributed by atoms with Gasteiger partial charge in [-0.25, -0.2) is 9.97 Å². The molecule has 3 aromatic carbocycles. The lowest BCUT2D eigenvalue weighted by Crippen LogP contribution is -2.20. The number of hydrogen-bond donors (Lipinski definition) is 1. The van der Waals surface area contributed by atoms with E-state index in [4.69, 9.17) is 4.74 Å². The summed E-state index contributed by atoms with van der Waals surface area (Å²) in [6.45, 7) is 5.11. The Morgan fingerprint density at radius 2 is 1.32 bits per heavy atom. The van der Waals surface area contributed by atoms with Crippen molar-refractivity contribution in [1.29, 1.82) is 0 Å². The van der Waals surface area contributed by atoms with E-state index in [2.05, 4.69) is 23.8 Å². The highest BCUT2D eigenvalue weighted by molar-refractivity contribution is 5.98. The van der Waals surface area contributed by atoms with Crippen molar-refractivity contribution in [2.24, 2.45) is 5.92 Å². The van der Waals surface area contributed by atoms with Gasteiger partial charge in [0.15, 0.2) is 11.6 Å². The molecule has 0 aliphatic heterocycles. The summed E-state index contributed by atoms with van der Waals surface area (Å²) in [4.78, 5) is 34.0. The number of aromatic nitrogens is 2. The maximum Gasteiger partial charge on any atom is 0.307 e. The van der Waals surface area contributed by atoms with Crippen LogP contribution in [0.3, 0.4) is 0 Å². The van der Waals surface area contributed by atoms with Gasteiger partial charge >= 0.3 is 5.97 Å². The van der Waals surface area contributed by atoms with Crippen LogP contribution in [0.4, 0.5) is 0 Å². The molecule has 0 unspecified atom stereocenters. The smallest absolute Gasteiger partial charge is 0.307 e. The summed E-state index contributed by atoms with van der Waals surface area (Å²) in [6, 6.07) is 23.1. The zero-order chi connectivity index (χ0) is 31.1. The number of carboxylic acid groups (broad SMARTS) is 1. The second kappa shape index (κ2) is 17.1. The number of Topliss-reactive ketones (excluding diaryl/α,β-unsaturated/α-hetero) is 1. The van der Waals surface area contributed by atoms with Crippen LogP contribution in [-0.2, 0) is 17.6 Å². The molecule has 0 saturated carbocycles. The molecular weight excluding hydrogens is 548 g/mol. The zero-order valence-electron chi connectivity index (χ0n) is 26.0. The lowest BCUT2D eigenvalue weighted by atomic mass is 9.91. The molecular formula is C38H44N2O4. The Balaban J connectivity index is 1.31. The highest BCUT2D eigenvalue weighted by Crippen LogP contribution is 2.24. The summed E-state index contributed by atoms with van der Waals surface area (Å²) in [7, 11) is 0. The maximum atomic E-state index is 12.9. The number of unbranched alkanes of at least 4 members (excludes halogenated alkanes) is 5. The summed E-state index contributed by atoms with van der Waals surface area (Å²) in [5, 5.41) is 9.83. The minimum absolute atomic E-state index is 0.0396. The van der Waals surface area contributed by atoms with Gasteiger partial charge in [0.05, 0.1) is 12.5 Å². The van der Waals surface area contributed by atoms with Crippen LogP contribution in [0.15, 0.2) is 85.2 Å². The first-order chi connectivity index (χ1) is 21.5. The second-order valence-electron chi connectivity index (χ2n) is 11.4. The Labute approximate surface area is 261 Å². The summed E-state index contributed by atoms with van der Waals surface area (Å²) in [5.41, 5.74) is 5.38. The third-order valence-corrected chi connectivity index (χ3v) is 7.93. The molecule has 44 heavy (non-hydrogen) atoms. The van der Waals surface area contributed by atoms with Crippen LogP contribution in [-0.4, -0.2) is 33.4 Å². The van der Waals surface area contributed by atoms with E-state index in [1.165, 1.54) is 31.2 Å². The van der Waals surface area contributed by atoms with Crippen LogP contribution >= 0.6 is 0 Å². The molecule has 6 heteroatoms. The van der Waals surface area contributed by atoms with Crippen molar-refractivity contribution in [2.45, 2.75) is 78.1 Å². The third kappa shape index (κ3) is 9.87. The van der Waals surface area contributed by atoms with Crippen LogP contribution in [0, 0.1) is 5.92 Å². The molecule has 1 N–H and O–H groups in total. The van der Waals surface area contributed by atoms with Gasteiger partial charge in [-0.3, -0.25) is 9.59 Å². The highest BCUT2D eigenvalue weighted by atomic mass is 16.5. The molecule has 1 atom stereocenters. The Morgan fingerprint density at radius 3 is 1.95 bits per heavy atom. The Morgan fingerprint density at radius 1 is 0.705 bits per heavy atom. The number of ketones is 1. The van der Waals surface area contributed by atoms with E-state index < -0.39 is 11.9 Å². The number of carbonyl (C=O) groups is 2. The first kappa shape index (κ1) is 32.6. The number of nitrogens with zero attached hydrogens (tertiary/aromatic N) is 2. The van der Waals surface area contributed by atoms with E-state index in [-0.39, 0.29) is 18.6 Å². The molecule has 0 amide bonds. The molecule has 0 spiro atoms. The first-order valence-electron chi connectivity index (χ1n) is 16.0. The molecule has 4 aromatic rings. The zero-order valence-corrected chi connectivity index (χ0v) is 26.0. The van der Waals surface area contributed by atoms with E-state index in [9.17, 15) is 14.7 Å².